The van der Waals surface area contributed by atoms with Crippen LogP contribution in [0.4, 0.5) is 17.5 Å². The molecular weight excluding hydrogens is 390 g/mol. The van der Waals surface area contributed by atoms with Gasteiger partial charge in [0.1, 0.15) is 23.9 Å². The molecule has 1 aromatic heterocycles. The van der Waals surface area contributed by atoms with Gasteiger partial charge in [0, 0.05) is 24.0 Å². The Morgan fingerprint density at radius 3 is 2.55 bits per heavy atom. The number of ether oxygens (including phenoxy) is 2. The molecule has 7 heteroatoms. The van der Waals surface area contributed by atoms with E-state index < -0.39 is 0 Å². The molecule has 2 heterocycles. The molecule has 0 spiro atoms. The van der Waals surface area contributed by atoms with Crippen LogP contribution in [0.15, 0.2) is 48.7 Å². The van der Waals surface area contributed by atoms with Crippen LogP contribution in [-0.4, -0.2) is 48.2 Å². The van der Waals surface area contributed by atoms with Crippen molar-refractivity contribution in [3.63, 3.8) is 0 Å². The van der Waals surface area contributed by atoms with E-state index in [0.29, 0.717) is 18.4 Å². The van der Waals surface area contributed by atoms with Gasteiger partial charge < -0.3 is 20.5 Å². The van der Waals surface area contributed by atoms with E-state index in [0.717, 1.165) is 40.4 Å². The van der Waals surface area contributed by atoms with E-state index >= 15 is 0 Å². The van der Waals surface area contributed by atoms with Gasteiger partial charge in [0.25, 0.3) is 0 Å². The van der Waals surface area contributed by atoms with Crippen LogP contribution in [0.3, 0.4) is 0 Å². The molecule has 1 aliphatic rings. The average Bonchev–Trinajstić information content (AvgIpc) is 3.29. The lowest BCUT2D eigenvalue weighted by molar-refractivity contribution is 0.238. The second-order valence-electron chi connectivity index (χ2n) is 7.67. The lowest BCUT2D eigenvalue weighted by Crippen LogP contribution is -2.25. The summed E-state index contributed by atoms with van der Waals surface area (Å²) in [5.74, 6) is 2.52. The van der Waals surface area contributed by atoms with Gasteiger partial charge in [-0.15, -0.1) is 0 Å². The third-order valence-corrected chi connectivity index (χ3v) is 5.60. The van der Waals surface area contributed by atoms with E-state index in [1.165, 1.54) is 25.9 Å². The van der Waals surface area contributed by atoms with Crippen molar-refractivity contribution >= 4 is 17.5 Å². The third-order valence-electron chi connectivity index (χ3n) is 5.60. The number of aromatic nitrogens is 2. The Hall–Kier alpha value is -3.32. The standard InChI is InChI=1S/C24H29N5O2/c1-17-20(6-5-7-22(17)30-2)21-16-26-24(28-23(21)25)27-18-8-10-19(11-9-18)31-15-14-29-12-3-4-13-29/h5-11,16H,3-4,12-15H2,1-2H3,(H3,25,26,27,28). The van der Waals surface area contributed by atoms with Crippen molar-refractivity contribution in [3.8, 4) is 22.6 Å². The third kappa shape index (κ3) is 5.06. The number of benzene rings is 2. The van der Waals surface area contributed by atoms with Gasteiger partial charge >= 0.3 is 0 Å². The number of hydrogen-bond donors (Lipinski definition) is 2. The number of anilines is 3. The Morgan fingerprint density at radius 2 is 1.84 bits per heavy atom. The first kappa shape index (κ1) is 20.9. The van der Waals surface area contributed by atoms with Crippen molar-refractivity contribution in [3.05, 3.63) is 54.2 Å². The van der Waals surface area contributed by atoms with E-state index in [1.54, 1.807) is 13.3 Å². The molecule has 1 saturated heterocycles. The normalized spacial score (nSPS) is 13.9. The quantitative estimate of drug-likeness (QED) is 0.564. The highest BCUT2D eigenvalue weighted by Crippen LogP contribution is 2.32. The second kappa shape index (κ2) is 9.66. The fourth-order valence-electron chi connectivity index (χ4n) is 3.85. The summed E-state index contributed by atoms with van der Waals surface area (Å²) in [6, 6.07) is 13.6. The first-order valence-corrected chi connectivity index (χ1v) is 10.6. The Bertz CT molecular complexity index is 1020. The van der Waals surface area contributed by atoms with Crippen molar-refractivity contribution < 1.29 is 9.47 Å². The summed E-state index contributed by atoms with van der Waals surface area (Å²) in [5.41, 5.74) is 9.85. The molecule has 2 aromatic carbocycles. The predicted molar refractivity (Wildman–Crippen MR) is 124 cm³/mol. The van der Waals surface area contributed by atoms with Crippen LogP contribution in [0.25, 0.3) is 11.1 Å². The predicted octanol–water partition coefficient (Wildman–Crippen LogP) is 4.26. The second-order valence-corrected chi connectivity index (χ2v) is 7.67. The fourth-order valence-corrected chi connectivity index (χ4v) is 3.85. The Labute approximate surface area is 183 Å². The molecule has 162 valence electrons. The minimum absolute atomic E-state index is 0.413. The molecule has 0 amide bonds. The van der Waals surface area contributed by atoms with E-state index in [9.17, 15) is 0 Å². The molecule has 0 saturated carbocycles. The Balaban J connectivity index is 1.39. The lowest BCUT2D eigenvalue weighted by Gasteiger charge is -2.15. The molecule has 1 aliphatic heterocycles. The summed E-state index contributed by atoms with van der Waals surface area (Å²) >= 11 is 0. The van der Waals surface area contributed by atoms with Crippen molar-refractivity contribution in [2.45, 2.75) is 19.8 Å². The maximum Gasteiger partial charge on any atom is 0.229 e. The van der Waals surface area contributed by atoms with Gasteiger partial charge in [0.05, 0.1) is 7.11 Å². The van der Waals surface area contributed by atoms with Crippen LogP contribution in [0.1, 0.15) is 18.4 Å². The van der Waals surface area contributed by atoms with Crippen molar-refractivity contribution in [2.24, 2.45) is 0 Å². The van der Waals surface area contributed by atoms with Gasteiger partial charge in [0.2, 0.25) is 5.95 Å². The molecular formula is C24H29N5O2. The van der Waals surface area contributed by atoms with Crippen molar-refractivity contribution in [1.82, 2.24) is 14.9 Å². The number of nitrogens with two attached hydrogens (primary N) is 1. The number of rotatable bonds is 8. The molecule has 3 N–H and O–H groups in total. The molecule has 7 nitrogen and oxygen atoms in total. The lowest BCUT2D eigenvalue weighted by atomic mass is 10.0. The minimum atomic E-state index is 0.413. The van der Waals surface area contributed by atoms with Gasteiger partial charge in [-0.1, -0.05) is 12.1 Å². The van der Waals surface area contributed by atoms with Gasteiger partial charge in [-0.2, -0.15) is 4.98 Å². The monoisotopic (exact) mass is 419 g/mol. The summed E-state index contributed by atoms with van der Waals surface area (Å²) in [6.07, 6.45) is 4.34. The highest BCUT2D eigenvalue weighted by atomic mass is 16.5. The molecule has 31 heavy (non-hydrogen) atoms. The van der Waals surface area contributed by atoms with Crippen LogP contribution in [0, 0.1) is 6.92 Å². The van der Waals surface area contributed by atoms with Crippen LogP contribution in [0.2, 0.25) is 0 Å². The Morgan fingerprint density at radius 1 is 1.06 bits per heavy atom. The van der Waals surface area contributed by atoms with Gasteiger partial charge in [-0.05, 0) is 74.3 Å². The number of nitrogens with zero attached hydrogens (tertiary/aromatic N) is 3. The molecule has 0 unspecified atom stereocenters. The van der Waals surface area contributed by atoms with E-state index in [4.69, 9.17) is 15.2 Å². The molecule has 0 atom stereocenters. The van der Waals surface area contributed by atoms with Crippen molar-refractivity contribution in [2.75, 3.05) is 44.4 Å². The van der Waals surface area contributed by atoms with Gasteiger partial charge in [0.15, 0.2) is 0 Å². The number of likely N-dealkylation sites (tertiary alicyclic amines) is 1. The zero-order valence-electron chi connectivity index (χ0n) is 18.1. The average molecular weight is 420 g/mol. The van der Waals surface area contributed by atoms with Crippen LogP contribution < -0.4 is 20.5 Å². The van der Waals surface area contributed by atoms with E-state index in [-0.39, 0.29) is 0 Å². The zero-order chi connectivity index (χ0) is 21.6. The summed E-state index contributed by atoms with van der Waals surface area (Å²) in [7, 11) is 1.66. The molecule has 4 rings (SSSR count). The summed E-state index contributed by atoms with van der Waals surface area (Å²) in [5, 5.41) is 3.20. The van der Waals surface area contributed by atoms with Crippen molar-refractivity contribution in [1.29, 1.82) is 0 Å². The molecule has 0 radical (unpaired) electrons. The SMILES string of the molecule is COc1cccc(-c2cnc(Nc3ccc(OCCN4CCCC4)cc3)nc2N)c1C. The van der Waals surface area contributed by atoms with Gasteiger partial charge in [-0.3, -0.25) is 4.90 Å². The molecule has 1 fully saturated rings. The van der Waals surface area contributed by atoms with Gasteiger partial charge in [-0.25, -0.2) is 4.98 Å². The summed E-state index contributed by atoms with van der Waals surface area (Å²) < 4.78 is 11.3. The number of nitrogen functional groups attached to an aromatic ring is 1. The highest BCUT2D eigenvalue weighted by molar-refractivity contribution is 5.78. The first-order valence-electron chi connectivity index (χ1n) is 10.6. The summed E-state index contributed by atoms with van der Waals surface area (Å²) in [4.78, 5) is 11.3. The summed E-state index contributed by atoms with van der Waals surface area (Å²) in [6.45, 7) is 6.05. The van der Waals surface area contributed by atoms with Crippen LogP contribution in [0.5, 0.6) is 11.5 Å². The zero-order valence-corrected chi connectivity index (χ0v) is 18.1. The molecule has 3 aromatic rings. The maximum atomic E-state index is 6.24. The molecule has 0 aliphatic carbocycles. The fraction of sp³-hybridized carbons (Fsp3) is 0.333. The maximum absolute atomic E-state index is 6.24. The topological polar surface area (TPSA) is 85.5 Å². The Kier molecular flexibility index (Phi) is 6.52. The minimum Gasteiger partial charge on any atom is -0.496 e. The first-order chi connectivity index (χ1) is 15.1. The van der Waals surface area contributed by atoms with Crippen LogP contribution in [-0.2, 0) is 0 Å². The van der Waals surface area contributed by atoms with E-state index in [1.807, 2.05) is 49.4 Å². The number of nitrogens with one attached hydrogen (secondary N) is 1. The molecule has 0 bridgehead atoms. The smallest absolute Gasteiger partial charge is 0.229 e. The highest BCUT2D eigenvalue weighted by Gasteiger charge is 2.13. The largest absolute Gasteiger partial charge is 0.496 e. The van der Waals surface area contributed by atoms with E-state index in [2.05, 4.69) is 20.2 Å². The van der Waals surface area contributed by atoms with Crippen LogP contribution >= 0.6 is 0 Å². The number of hydrogen-bond acceptors (Lipinski definition) is 7. The number of methoxy groups -OCH3 is 1.